The molecule has 1 heterocycles. The third kappa shape index (κ3) is 6.16. The number of nitrogens with zero attached hydrogens (tertiary/aromatic N) is 2. The fraction of sp³-hybridized carbons (Fsp3) is 0.300. The van der Waals surface area contributed by atoms with Gasteiger partial charge in [0.1, 0.15) is 0 Å². The van der Waals surface area contributed by atoms with E-state index in [1.165, 1.54) is 0 Å². The number of ether oxygens (including phenoxy) is 1. The molecule has 0 saturated carbocycles. The first-order valence-electron chi connectivity index (χ1n) is 12.7. The molecule has 0 fully saturated rings. The number of benzene rings is 3. The van der Waals surface area contributed by atoms with Crippen LogP contribution in [0, 0.1) is 6.92 Å². The normalized spacial score (nSPS) is 15.9. The van der Waals surface area contributed by atoms with E-state index in [1.54, 1.807) is 47.2 Å². The Hall–Kier alpha value is -3.85. The maximum absolute atomic E-state index is 13.6. The summed E-state index contributed by atoms with van der Waals surface area (Å²) in [4.78, 5) is 41.3. The van der Waals surface area contributed by atoms with Gasteiger partial charge in [-0.2, -0.15) is 0 Å². The van der Waals surface area contributed by atoms with E-state index in [1.807, 2.05) is 49.4 Å². The first-order chi connectivity index (χ1) is 18.4. The number of nitrogens with one attached hydrogen (secondary N) is 1. The number of amides is 2. The van der Waals surface area contributed by atoms with E-state index in [0.29, 0.717) is 42.7 Å². The molecule has 2 atom stereocenters. The molecule has 8 heteroatoms. The summed E-state index contributed by atoms with van der Waals surface area (Å²) >= 11 is 0. The molecule has 38 heavy (non-hydrogen) atoms. The molecule has 2 amide bonds. The number of carbonyl (C=O) groups excluding carboxylic acids is 3. The summed E-state index contributed by atoms with van der Waals surface area (Å²) in [5.74, 6) is -0.354. The van der Waals surface area contributed by atoms with Crippen LogP contribution in [0.1, 0.15) is 50.8 Å². The van der Waals surface area contributed by atoms with E-state index in [0.717, 1.165) is 23.1 Å². The molecule has 1 aliphatic heterocycles. The van der Waals surface area contributed by atoms with Crippen LogP contribution in [0.15, 0.2) is 72.8 Å². The Bertz CT molecular complexity index is 1280. The van der Waals surface area contributed by atoms with Crippen LogP contribution < -0.4 is 10.2 Å². The number of aliphatic hydroxyl groups is 1. The first kappa shape index (κ1) is 27.2. The lowest BCUT2D eigenvalue weighted by Crippen LogP contribution is -2.38. The Morgan fingerprint density at radius 1 is 1.11 bits per heavy atom. The molecule has 2 unspecified atom stereocenters. The quantitative estimate of drug-likeness (QED) is 0.328. The Morgan fingerprint density at radius 3 is 2.53 bits per heavy atom. The Kier molecular flexibility index (Phi) is 9.02. The number of anilines is 2. The number of rotatable bonds is 9. The van der Waals surface area contributed by atoms with Gasteiger partial charge in [-0.15, -0.1) is 0 Å². The third-order valence-electron chi connectivity index (χ3n) is 6.75. The van der Waals surface area contributed by atoms with Gasteiger partial charge in [0.25, 0.3) is 11.8 Å². The Morgan fingerprint density at radius 2 is 1.82 bits per heavy atom. The molecule has 1 aliphatic rings. The molecular formula is C30H33N3O5. The minimum Gasteiger partial charge on any atom is -0.395 e. The van der Waals surface area contributed by atoms with E-state index in [9.17, 15) is 19.5 Å². The number of fused-ring (bicyclic) bond motifs is 1. The van der Waals surface area contributed by atoms with Crippen molar-refractivity contribution in [2.45, 2.75) is 32.1 Å². The fourth-order valence-electron chi connectivity index (χ4n) is 4.64. The number of carbonyl (C=O) groups is 3. The molecule has 0 radical (unpaired) electrons. The predicted octanol–water partition coefficient (Wildman–Crippen LogP) is 4.19. The van der Waals surface area contributed by atoms with Crippen LogP contribution in [0.5, 0.6) is 0 Å². The number of aliphatic hydroxyl groups excluding tert-OH is 1. The zero-order valence-electron chi connectivity index (χ0n) is 21.7. The van der Waals surface area contributed by atoms with E-state index in [-0.39, 0.29) is 24.5 Å². The highest BCUT2D eigenvalue weighted by Crippen LogP contribution is 2.36. The molecule has 3 aromatic carbocycles. The second kappa shape index (κ2) is 12.6. The van der Waals surface area contributed by atoms with Crippen LogP contribution in [0.25, 0.3) is 0 Å². The standard InChI is InChI=1S/C30H33N3O5/c1-21-8-3-4-9-24(21)29(36)31-23-15-13-22(14-16-23)30(37)33-17-7-12-27(25-10-5-6-11-26(25)33)38-28(20-35)32(2)18-19-34/h3-6,8-11,13-16,20,27-28,34H,7,12,17-19H2,1-2H3,(H,31,36). The van der Waals surface area contributed by atoms with Gasteiger partial charge in [-0.3, -0.25) is 19.3 Å². The predicted molar refractivity (Wildman–Crippen MR) is 146 cm³/mol. The molecule has 0 bridgehead atoms. The molecule has 4 rings (SSSR count). The Balaban J connectivity index is 1.51. The van der Waals surface area contributed by atoms with Crippen molar-refractivity contribution >= 4 is 29.5 Å². The smallest absolute Gasteiger partial charge is 0.258 e. The highest BCUT2D eigenvalue weighted by atomic mass is 16.5. The molecule has 0 spiro atoms. The van der Waals surface area contributed by atoms with Crippen LogP contribution in [-0.4, -0.2) is 61.1 Å². The zero-order chi connectivity index (χ0) is 27.1. The molecule has 8 nitrogen and oxygen atoms in total. The molecule has 2 N–H and O–H groups in total. The van der Waals surface area contributed by atoms with E-state index in [4.69, 9.17) is 4.74 Å². The first-order valence-corrected chi connectivity index (χ1v) is 12.7. The highest BCUT2D eigenvalue weighted by Gasteiger charge is 2.30. The summed E-state index contributed by atoms with van der Waals surface area (Å²) in [5, 5.41) is 12.1. The van der Waals surface area contributed by atoms with E-state index < -0.39 is 6.23 Å². The summed E-state index contributed by atoms with van der Waals surface area (Å²) < 4.78 is 6.16. The Labute approximate surface area is 222 Å². The van der Waals surface area contributed by atoms with Crippen molar-refractivity contribution < 1.29 is 24.2 Å². The molecule has 0 aliphatic carbocycles. The molecular weight excluding hydrogens is 482 g/mol. The third-order valence-corrected chi connectivity index (χ3v) is 6.75. The van der Waals surface area contributed by atoms with Gasteiger partial charge in [-0.1, -0.05) is 36.4 Å². The summed E-state index contributed by atoms with van der Waals surface area (Å²) in [5.41, 5.74) is 4.17. The highest BCUT2D eigenvalue weighted by molar-refractivity contribution is 6.08. The number of aryl methyl sites for hydroxylation is 1. The largest absolute Gasteiger partial charge is 0.395 e. The van der Waals surface area contributed by atoms with Gasteiger partial charge < -0.3 is 20.1 Å². The zero-order valence-corrected chi connectivity index (χ0v) is 21.7. The number of aldehydes is 1. The number of hydrogen-bond acceptors (Lipinski definition) is 6. The van der Waals surface area contributed by atoms with Crippen LogP contribution in [-0.2, 0) is 9.53 Å². The number of hydrogen-bond donors (Lipinski definition) is 2. The van der Waals surface area contributed by atoms with Gasteiger partial charge >= 0.3 is 0 Å². The van der Waals surface area contributed by atoms with Crippen LogP contribution in [0.3, 0.4) is 0 Å². The average Bonchev–Trinajstić information content (AvgIpc) is 3.11. The van der Waals surface area contributed by atoms with E-state index in [2.05, 4.69) is 5.32 Å². The summed E-state index contributed by atoms with van der Waals surface area (Å²) in [6.07, 6.45) is 0.877. The van der Waals surface area contributed by atoms with Crippen LogP contribution in [0.2, 0.25) is 0 Å². The van der Waals surface area contributed by atoms with Crippen LogP contribution in [0.4, 0.5) is 11.4 Å². The van der Waals surface area contributed by atoms with Crippen molar-refractivity contribution in [1.82, 2.24) is 4.90 Å². The lowest BCUT2D eigenvalue weighted by molar-refractivity contribution is -0.139. The SMILES string of the molecule is Cc1ccccc1C(=O)Nc1ccc(C(=O)N2CCCC(OC(C=O)N(C)CCO)c3ccccc32)cc1. The molecule has 3 aromatic rings. The fourth-order valence-corrected chi connectivity index (χ4v) is 4.64. The summed E-state index contributed by atoms with van der Waals surface area (Å²) in [6, 6.07) is 21.8. The van der Waals surface area contributed by atoms with Crippen molar-refractivity contribution in [3.8, 4) is 0 Å². The second-order valence-electron chi connectivity index (χ2n) is 9.36. The van der Waals surface area contributed by atoms with Crippen molar-refractivity contribution in [1.29, 1.82) is 0 Å². The monoisotopic (exact) mass is 515 g/mol. The van der Waals surface area contributed by atoms with Crippen molar-refractivity contribution in [3.63, 3.8) is 0 Å². The van der Waals surface area contributed by atoms with Gasteiger partial charge in [0.15, 0.2) is 12.5 Å². The van der Waals surface area contributed by atoms with Crippen molar-refractivity contribution in [2.24, 2.45) is 0 Å². The second-order valence-corrected chi connectivity index (χ2v) is 9.36. The summed E-state index contributed by atoms with van der Waals surface area (Å²) in [7, 11) is 1.72. The lowest BCUT2D eigenvalue weighted by atomic mass is 10.0. The maximum Gasteiger partial charge on any atom is 0.258 e. The number of likely N-dealkylation sites (N-methyl/N-ethyl adjacent to an activating group) is 1. The van der Waals surface area contributed by atoms with Gasteiger partial charge in [-0.05, 0) is 68.8 Å². The van der Waals surface area contributed by atoms with Crippen molar-refractivity contribution in [3.05, 3.63) is 95.1 Å². The molecule has 0 saturated heterocycles. The summed E-state index contributed by atoms with van der Waals surface area (Å²) in [6.45, 7) is 2.61. The maximum atomic E-state index is 13.6. The molecule has 0 aromatic heterocycles. The van der Waals surface area contributed by atoms with Gasteiger partial charge in [0.2, 0.25) is 0 Å². The minimum absolute atomic E-state index is 0.0813. The molecule has 198 valence electrons. The van der Waals surface area contributed by atoms with Crippen LogP contribution >= 0.6 is 0 Å². The van der Waals surface area contributed by atoms with Gasteiger partial charge in [0, 0.05) is 41.2 Å². The lowest BCUT2D eigenvalue weighted by Gasteiger charge is -2.28. The van der Waals surface area contributed by atoms with Gasteiger partial charge in [-0.25, -0.2) is 0 Å². The average molecular weight is 516 g/mol. The number of para-hydroxylation sites is 1. The topological polar surface area (TPSA) is 99.2 Å². The van der Waals surface area contributed by atoms with E-state index >= 15 is 0 Å². The van der Waals surface area contributed by atoms with Gasteiger partial charge in [0.05, 0.1) is 12.7 Å². The minimum atomic E-state index is -0.801. The van der Waals surface area contributed by atoms with Crippen molar-refractivity contribution in [2.75, 3.05) is 37.0 Å².